The van der Waals surface area contributed by atoms with Gasteiger partial charge in [-0.2, -0.15) is 0 Å². The van der Waals surface area contributed by atoms with Gasteiger partial charge in [0, 0.05) is 24.7 Å². The number of alkyl carbamates (subject to hydrolysis) is 1. The molecule has 1 aliphatic rings. The second kappa shape index (κ2) is 9.96. The van der Waals surface area contributed by atoms with Crippen molar-refractivity contribution >= 4 is 23.6 Å². The maximum absolute atomic E-state index is 12.3. The summed E-state index contributed by atoms with van der Waals surface area (Å²) in [7, 11) is 1.48. The van der Waals surface area contributed by atoms with Crippen molar-refractivity contribution in [2.75, 3.05) is 20.2 Å². The lowest BCUT2D eigenvalue weighted by atomic mass is 9.82. The number of methoxy groups -OCH3 is 1. The van der Waals surface area contributed by atoms with Gasteiger partial charge < -0.3 is 20.1 Å². The molecule has 0 bridgehead atoms. The lowest BCUT2D eigenvalue weighted by Crippen LogP contribution is -2.37. The fourth-order valence-corrected chi connectivity index (χ4v) is 3.43. The number of amides is 2. The average Bonchev–Trinajstić information content (AvgIpc) is 2.63. The van der Waals surface area contributed by atoms with Gasteiger partial charge in [0.2, 0.25) is 5.88 Å². The molecule has 156 valence electrons. The molecule has 0 saturated heterocycles. The quantitative estimate of drug-likeness (QED) is 0.695. The number of ether oxygens (including phenoxy) is 2. The van der Waals surface area contributed by atoms with E-state index in [2.05, 4.69) is 15.6 Å². The topological polar surface area (TPSA) is 89.6 Å². The van der Waals surface area contributed by atoms with Crippen molar-refractivity contribution in [2.45, 2.75) is 52.1 Å². The van der Waals surface area contributed by atoms with Crippen LogP contribution in [0.2, 0.25) is 5.15 Å². The van der Waals surface area contributed by atoms with Crippen molar-refractivity contribution in [2.24, 2.45) is 11.8 Å². The zero-order valence-electron chi connectivity index (χ0n) is 17.0. The van der Waals surface area contributed by atoms with Gasteiger partial charge in [-0.3, -0.25) is 4.79 Å². The first-order valence-electron chi connectivity index (χ1n) is 9.63. The monoisotopic (exact) mass is 411 g/mol. The molecule has 1 fully saturated rings. The molecule has 0 spiro atoms. The fraction of sp³-hybridized carbons (Fsp3) is 0.650. The summed E-state index contributed by atoms with van der Waals surface area (Å²) in [4.78, 5) is 28.1. The minimum atomic E-state index is -0.483. The normalized spacial score (nSPS) is 19.6. The van der Waals surface area contributed by atoms with Crippen molar-refractivity contribution in [1.82, 2.24) is 15.6 Å². The Balaban J connectivity index is 1.70. The second-order valence-electron chi connectivity index (χ2n) is 8.20. The molecular weight excluding hydrogens is 382 g/mol. The van der Waals surface area contributed by atoms with Crippen molar-refractivity contribution in [3.8, 4) is 5.88 Å². The Morgan fingerprint density at radius 1 is 1.11 bits per heavy atom. The molecule has 1 saturated carbocycles. The van der Waals surface area contributed by atoms with E-state index < -0.39 is 5.60 Å². The SMILES string of the molecule is COc1cc(C(=O)NC[C@H]2CC[C@H](CNC(=O)OC(C)(C)C)CC2)cc(Cl)n1. The van der Waals surface area contributed by atoms with Crippen LogP contribution >= 0.6 is 11.6 Å². The van der Waals surface area contributed by atoms with Gasteiger partial charge >= 0.3 is 6.09 Å². The summed E-state index contributed by atoms with van der Waals surface area (Å²) in [5.74, 6) is 1.01. The molecule has 2 amide bonds. The molecule has 1 heterocycles. The van der Waals surface area contributed by atoms with E-state index in [1.165, 1.54) is 13.2 Å². The zero-order valence-corrected chi connectivity index (χ0v) is 17.8. The van der Waals surface area contributed by atoms with Crippen molar-refractivity contribution < 1.29 is 19.1 Å². The molecule has 2 rings (SSSR count). The van der Waals surface area contributed by atoms with Crippen LogP contribution in [0.4, 0.5) is 4.79 Å². The first-order chi connectivity index (χ1) is 13.2. The second-order valence-corrected chi connectivity index (χ2v) is 8.59. The third kappa shape index (κ3) is 7.54. The summed E-state index contributed by atoms with van der Waals surface area (Å²) in [5.41, 5.74) is -0.0460. The van der Waals surface area contributed by atoms with Gasteiger partial charge in [0.05, 0.1) is 7.11 Å². The smallest absolute Gasteiger partial charge is 0.407 e. The highest BCUT2D eigenvalue weighted by Crippen LogP contribution is 2.28. The molecule has 2 N–H and O–H groups in total. The van der Waals surface area contributed by atoms with Crippen LogP contribution in [-0.4, -0.2) is 42.8 Å². The van der Waals surface area contributed by atoms with Gasteiger partial charge in [0.15, 0.2) is 0 Å². The van der Waals surface area contributed by atoms with E-state index in [1.807, 2.05) is 20.8 Å². The van der Waals surface area contributed by atoms with Crippen molar-refractivity contribution in [1.29, 1.82) is 0 Å². The summed E-state index contributed by atoms with van der Waals surface area (Å²) in [6.45, 7) is 6.79. The molecule has 0 unspecified atom stereocenters. The highest BCUT2D eigenvalue weighted by Gasteiger charge is 2.23. The van der Waals surface area contributed by atoms with Crippen LogP contribution in [0.3, 0.4) is 0 Å². The molecule has 1 aromatic heterocycles. The van der Waals surface area contributed by atoms with Crippen LogP contribution < -0.4 is 15.4 Å². The summed E-state index contributed by atoms with van der Waals surface area (Å²) >= 11 is 5.92. The minimum absolute atomic E-state index is 0.184. The molecule has 1 aromatic rings. The van der Waals surface area contributed by atoms with Gasteiger partial charge in [-0.15, -0.1) is 0 Å². The van der Waals surface area contributed by atoms with Gasteiger partial charge in [0.1, 0.15) is 10.8 Å². The molecule has 7 nitrogen and oxygen atoms in total. The Bertz CT molecular complexity index is 683. The number of carbonyl (C=O) groups is 2. The highest BCUT2D eigenvalue weighted by molar-refractivity contribution is 6.29. The van der Waals surface area contributed by atoms with Gasteiger partial charge in [-0.25, -0.2) is 9.78 Å². The van der Waals surface area contributed by atoms with Gasteiger partial charge in [-0.05, 0) is 64.4 Å². The Hall–Kier alpha value is -2.02. The largest absolute Gasteiger partial charge is 0.481 e. The van der Waals surface area contributed by atoms with E-state index in [-0.39, 0.29) is 17.2 Å². The Kier molecular flexibility index (Phi) is 7.92. The number of aromatic nitrogens is 1. The first-order valence-corrected chi connectivity index (χ1v) is 10.0. The predicted molar refractivity (Wildman–Crippen MR) is 108 cm³/mol. The van der Waals surface area contributed by atoms with E-state index in [0.29, 0.717) is 36.4 Å². The Morgan fingerprint density at radius 3 is 2.21 bits per heavy atom. The van der Waals surface area contributed by atoms with Gasteiger partial charge in [-0.1, -0.05) is 11.6 Å². The number of carbonyl (C=O) groups excluding carboxylic acids is 2. The predicted octanol–water partition coefficient (Wildman–Crippen LogP) is 3.80. The Morgan fingerprint density at radius 2 is 1.68 bits per heavy atom. The lowest BCUT2D eigenvalue weighted by molar-refractivity contribution is 0.0512. The molecule has 8 heteroatoms. The standard InChI is InChI=1S/C20H30ClN3O4/c1-20(2,3)28-19(26)23-12-14-7-5-13(6-8-14)11-22-18(25)15-9-16(21)24-17(10-15)27-4/h9-10,13-14H,5-8,11-12H2,1-4H3,(H,22,25)(H,23,26)/t13-,14-. The molecular formula is C20H30ClN3O4. The molecule has 0 radical (unpaired) electrons. The van der Waals surface area contributed by atoms with E-state index in [9.17, 15) is 9.59 Å². The number of nitrogens with zero attached hydrogens (tertiary/aromatic N) is 1. The molecule has 28 heavy (non-hydrogen) atoms. The van der Waals surface area contributed by atoms with E-state index in [0.717, 1.165) is 25.7 Å². The highest BCUT2D eigenvalue weighted by atomic mass is 35.5. The average molecular weight is 412 g/mol. The Labute approximate surface area is 171 Å². The van der Waals surface area contributed by atoms with Gasteiger partial charge in [0.25, 0.3) is 5.91 Å². The van der Waals surface area contributed by atoms with Crippen LogP contribution in [0.15, 0.2) is 12.1 Å². The van der Waals surface area contributed by atoms with Crippen molar-refractivity contribution in [3.05, 3.63) is 22.8 Å². The zero-order chi connectivity index (χ0) is 20.7. The third-order valence-electron chi connectivity index (χ3n) is 4.69. The third-order valence-corrected chi connectivity index (χ3v) is 4.89. The molecule has 0 aromatic carbocycles. The lowest BCUT2D eigenvalue weighted by Gasteiger charge is -2.29. The van der Waals surface area contributed by atoms with Crippen molar-refractivity contribution in [3.63, 3.8) is 0 Å². The van der Waals surface area contributed by atoms with E-state index in [1.54, 1.807) is 6.07 Å². The van der Waals surface area contributed by atoms with E-state index >= 15 is 0 Å². The number of nitrogens with one attached hydrogen (secondary N) is 2. The van der Waals surface area contributed by atoms with Crippen LogP contribution in [0, 0.1) is 11.8 Å². The number of hydrogen-bond donors (Lipinski definition) is 2. The first kappa shape index (κ1) is 22.3. The van der Waals surface area contributed by atoms with Crippen LogP contribution in [0.5, 0.6) is 5.88 Å². The number of pyridine rings is 1. The molecule has 0 aliphatic heterocycles. The maximum atomic E-state index is 12.3. The molecule has 0 atom stereocenters. The number of halogens is 1. The number of rotatable bonds is 6. The summed E-state index contributed by atoms with van der Waals surface area (Å²) < 4.78 is 10.3. The summed E-state index contributed by atoms with van der Waals surface area (Å²) in [6, 6.07) is 3.10. The summed E-state index contributed by atoms with van der Waals surface area (Å²) in [6.07, 6.45) is 3.70. The number of hydrogen-bond acceptors (Lipinski definition) is 5. The fourth-order valence-electron chi connectivity index (χ4n) is 3.23. The van der Waals surface area contributed by atoms with Crippen LogP contribution in [0.1, 0.15) is 56.8 Å². The summed E-state index contributed by atoms with van der Waals surface area (Å²) in [5, 5.41) is 6.04. The molecule has 1 aliphatic carbocycles. The minimum Gasteiger partial charge on any atom is -0.481 e. The van der Waals surface area contributed by atoms with Crippen LogP contribution in [0.25, 0.3) is 0 Å². The van der Waals surface area contributed by atoms with Crippen LogP contribution in [-0.2, 0) is 4.74 Å². The maximum Gasteiger partial charge on any atom is 0.407 e. The van der Waals surface area contributed by atoms with E-state index in [4.69, 9.17) is 21.1 Å².